The maximum absolute atomic E-state index is 11.5. The molecule has 1 aromatic heterocycles. The molecular formula is C10H11IN2O3. The maximum Gasteiger partial charge on any atom is 0.330 e. The monoisotopic (exact) mass is 334 g/mol. The lowest BCUT2D eigenvalue weighted by molar-refractivity contribution is -0.137. The van der Waals surface area contributed by atoms with Gasteiger partial charge < -0.3 is 4.74 Å². The van der Waals surface area contributed by atoms with Gasteiger partial charge in [-0.1, -0.05) is 6.08 Å². The van der Waals surface area contributed by atoms with Gasteiger partial charge in [0.15, 0.2) is 0 Å². The molecule has 0 radical (unpaired) electrons. The fraction of sp³-hybridized carbons (Fsp3) is 0.300. The largest absolute Gasteiger partial charge is 0.463 e. The molecule has 0 fully saturated rings. The molecule has 0 amide bonds. The van der Waals surface area contributed by atoms with Gasteiger partial charge in [0.25, 0.3) is 5.56 Å². The van der Waals surface area contributed by atoms with Crippen LogP contribution < -0.4 is 5.56 Å². The van der Waals surface area contributed by atoms with E-state index in [2.05, 4.69) is 4.98 Å². The fourth-order valence-corrected chi connectivity index (χ4v) is 1.48. The van der Waals surface area contributed by atoms with Crippen molar-refractivity contribution in [2.24, 2.45) is 0 Å². The van der Waals surface area contributed by atoms with Gasteiger partial charge in [-0.25, -0.2) is 9.78 Å². The average molecular weight is 334 g/mol. The summed E-state index contributed by atoms with van der Waals surface area (Å²) in [5.74, 6) is -0.408. The third-order valence-corrected chi connectivity index (χ3v) is 2.44. The number of ether oxygens (including phenoxy) is 1. The zero-order valence-corrected chi connectivity index (χ0v) is 10.9. The summed E-state index contributed by atoms with van der Waals surface area (Å²) in [6.07, 6.45) is 5.79. The molecule has 0 aliphatic rings. The Morgan fingerprint density at radius 1 is 1.69 bits per heavy atom. The molecule has 1 heterocycles. The van der Waals surface area contributed by atoms with Crippen LogP contribution in [0.25, 0.3) is 0 Å². The summed E-state index contributed by atoms with van der Waals surface area (Å²) >= 11 is 1.92. The van der Waals surface area contributed by atoms with Crippen LogP contribution in [0.1, 0.15) is 6.92 Å². The van der Waals surface area contributed by atoms with Crippen LogP contribution in [-0.2, 0) is 16.1 Å². The van der Waals surface area contributed by atoms with E-state index in [-0.39, 0.29) is 5.56 Å². The number of esters is 1. The molecule has 0 unspecified atom stereocenters. The number of aromatic nitrogens is 2. The van der Waals surface area contributed by atoms with E-state index in [0.717, 1.165) is 0 Å². The highest BCUT2D eigenvalue weighted by molar-refractivity contribution is 14.1. The Morgan fingerprint density at radius 3 is 3.12 bits per heavy atom. The van der Waals surface area contributed by atoms with Crippen molar-refractivity contribution in [1.82, 2.24) is 9.55 Å². The molecule has 16 heavy (non-hydrogen) atoms. The van der Waals surface area contributed by atoms with Gasteiger partial charge in [-0.2, -0.15) is 0 Å². The molecule has 0 aliphatic carbocycles. The van der Waals surface area contributed by atoms with E-state index in [1.807, 2.05) is 22.6 Å². The number of rotatable bonds is 4. The maximum atomic E-state index is 11.5. The molecule has 86 valence electrons. The van der Waals surface area contributed by atoms with E-state index in [4.69, 9.17) is 4.74 Å². The number of allylic oxidation sites excluding steroid dienone is 1. The van der Waals surface area contributed by atoms with E-state index < -0.39 is 5.97 Å². The summed E-state index contributed by atoms with van der Waals surface area (Å²) in [7, 11) is 0. The highest BCUT2D eigenvalue weighted by Gasteiger charge is 1.99. The number of nitrogens with zero attached hydrogens (tertiary/aromatic N) is 2. The van der Waals surface area contributed by atoms with Gasteiger partial charge in [0, 0.05) is 18.8 Å². The topological polar surface area (TPSA) is 61.2 Å². The van der Waals surface area contributed by atoms with Gasteiger partial charge in [0.2, 0.25) is 0 Å². The van der Waals surface area contributed by atoms with E-state index in [0.29, 0.717) is 16.7 Å². The quantitative estimate of drug-likeness (QED) is 0.468. The first-order chi connectivity index (χ1) is 7.65. The second-order valence-electron chi connectivity index (χ2n) is 2.85. The lowest BCUT2D eigenvalue weighted by Gasteiger charge is -2.00. The third kappa shape index (κ3) is 3.76. The van der Waals surface area contributed by atoms with E-state index in [1.165, 1.54) is 23.2 Å². The normalized spacial score (nSPS) is 10.6. The molecule has 1 rings (SSSR count). The molecule has 0 atom stereocenters. The fourth-order valence-electron chi connectivity index (χ4n) is 1.01. The van der Waals surface area contributed by atoms with Gasteiger partial charge in [-0.3, -0.25) is 9.36 Å². The molecule has 0 N–H and O–H groups in total. The van der Waals surface area contributed by atoms with Crippen molar-refractivity contribution in [2.45, 2.75) is 13.5 Å². The summed E-state index contributed by atoms with van der Waals surface area (Å²) < 4.78 is 6.66. The first kappa shape index (κ1) is 12.9. The van der Waals surface area contributed by atoms with Gasteiger partial charge in [-0.05, 0) is 29.5 Å². The molecule has 0 spiro atoms. The molecule has 0 aliphatic heterocycles. The van der Waals surface area contributed by atoms with Gasteiger partial charge in [0.05, 0.1) is 16.5 Å². The number of carbonyl (C=O) groups is 1. The third-order valence-electron chi connectivity index (χ3n) is 1.70. The van der Waals surface area contributed by atoms with Gasteiger partial charge in [0.1, 0.15) is 0 Å². The van der Waals surface area contributed by atoms with Gasteiger partial charge in [-0.15, -0.1) is 0 Å². The van der Waals surface area contributed by atoms with Crippen molar-refractivity contribution in [3.8, 4) is 0 Å². The minimum atomic E-state index is -0.408. The molecule has 5 nitrogen and oxygen atoms in total. The van der Waals surface area contributed by atoms with Gasteiger partial charge >= 0.3 is 5.97 Å². The van der Waals surface area contributed by atoms with Crippen LogP contribution in [0.5, 0.6) is 0 Å². The summed E-state index contributed by atoms with van der Waals surface area (Å²) in [4.78, 5) is 26.4. The lowest BCUT2D eigenvalue weighted by atomic mass is 10.4. The van der Waals surface area contributed by atoms with Crippen LogP contribution in [0.2, 0.25) is 0 Å². The first-order valence-corrected chi connectivity index (χ1v) is 5.76. The highest BCUT2D eigenvalue weighted by Crippen LogP contribution is 1.93. The Balaban J connectivity index is 2.65. The summed E-state index contributed by atoms with van der Waals surface area (Å²) in [5, 5.41) is 0. The SMILES string of the molecule is CCOC(=O)/C=C/Cn1cncc(I)c1=O. The molecule has 1 aromatic rings. The second kappa shape index (κ2) is 6.41. The van der Waals surface area contributed by atoms with Crippen molar-refractivity contribution in [3.05, 3.63) is 38.6 Å². The van der Waals surface area contributed by atoms with E-state index in [1.54, 1.807) is 13.0 Å². The minimum Gasteiger partial charge on any atom is -0.463 e. The number of hydrogen-bond donors (Lipinski definition) is 0. The van der Waals surface area contributed by atoms with Crippen molar-refractivity contribution >= 4 is 28.6 Å². The van der Waals surface area contributed by atoms with Crippen LogP contribution in [0.4, 0.5) is 0 Å². The Labute approximate surface area is 106 Å². The van der Waals surface area contributed by atoms with E-state index >= 15 is 0 Å². The van der Waals surface area contributed by atoms with Crippen LogP contribution in [0.15, 0.2) is 29.5 Å². The Hall–Kier alpha value is -1.18. The molecule has 6 heteroatoms. The molecule has 0 saturated heterocycles. The van der Waals surface area contributed by atoms with Crippen molar-refractivity contribution < 1.29 is 9.53 Å². The second-order valence-corrected chi connectivity index (χ2v) is 4.02. The lowest BCUT2D eigenvalue weighted by Crippen LogP contribution is -2.21. The predicted octanol–water partition coefficient (Wildman–Crippen LogP) is 0.967. The van der Waals surface area contributed by atoms with Crippen molar-refractivity contribution in [3.63, 3.8) is 0 Å². The molecular weight excluding hydrogens is 323 g/mol. The van der Waals surface area contributed by atoms with Crippen LogP contribution in [0, 0.1) is 3.57 Å². The Morgan fingerprint density at radius 2 is 2.44 bits per heavy atom. The number of halogens is 1. The standard InChI is InChI=1S/C10H11IN2O3/c1-2-16-9(14)4-3-5-13-7-12-6-8(11)10(13)15/h3-4,6-7H,2,5H2,1H3/b4-3+. The summed E-state index contributed by atoms with van der Waals surface area (Å²) in [6, 6.07) is 0. The summed E-state index contributed by atoms with van der Waals surface area (Å²) in [6.45, 7) is 2.38. The summed E-state index contributed by atoms with van der Waals surface area (Å²) in [5.41, 5.74) is -0.121. The van der Waals surface area contributed by atoms with Crippen molar-refractivity contribution in [1.29, 1.82) is 0 Å². The first-order valence-electron chi connectivity index (χ1n) is 4.68. The zero-order valence-electron chi connectivity index (χ0n) is 8.72. The van der Waals surface area contributed by atoms with Crippen LogP contribution in [-0.4, -0.2) is 22.1 Å². The Kier molecular flexibility index (Phi) is 5.17. The Bertz CT molecular complexity index is 454. The predicted molar refractivity (Wildman–Crippen MR) is 67.0 cm³/mol. The van der Waals surface area contributed by atoms with Crippen LogP contribution in [0.3, 0.4) is 0 Å². The molecule has 0 aromatic carbocycles. The van der Waals surface area contributed by atoms with E-state index in [9.17, 15) is 9.59 Å². The highest BCUT2D eigenvalue weighted by atomic mass is 127. The zero-order chi connectivity index (χ0) is 12.0. The molecule has 0 bridgehead atoms. The van der Waals surface area contributed by atoms with Crippen LogP contribution >= 0.6 is 22.6 Å². The average Bonchev–Trinajstić information content (AvgIpc) is 2.25. The molecule has 0 saturated carbocycles. The minimum absolute atomic E-state index is 0.121. The number of carbonyl (C=O) groups excluding carboxylic acids is 1. The number of hydrogen-bond acceptors (Lipinski definition) is 4. The van der Waals surface area contributed by atoms with Crippen molar-refractivity contribution in [2.75, 3.05) is 6.61 Å². The smallest absolute Gasteiger partial charge is 0.330 e.